The van der Waals surface area contributed by atoms with Gasteiger partial charge in [-0.25, -0.2) is 0 Å². The summed E-state index contributed by atoms with van der Waals surface area (Å²) in [5.74, 6) is 4.69. The first-order chi connectivity index (χ1) is 15.8. The number of ether oxygens (including phenoxy) is 6. The second kappa shape index (κ2) is 22.7. The molecule has 0 saturated carbocycles. The fraction of sp³-hybridized carbons (Fsp3) is 0.250. The summed E-state index contributed by atoms with van der Waals surface area (Å²) >= 11 is 5.84. The minimum Gasteiger partial charge on any atom is -0.147 e. The van der Waals surface area contributed by atoms with Crippen LogP contribution in [0.5, 0.6) is 34.5 Å². The van der Waals surface area contributed by atoms with E-state index in [-0.39, 0.29) is 37.2 Å². The van der Waals surface area contributed by atoms with Gasteiger partial charge in [0.15, 0.2) is 0 Å². The van der Waals surface area contributed by atoms with Gasteiger partial charge in [-0.1, -0.05) is 0 Å². The maximum atomic E-state index is 5.09. The first-order valence-electron chi connectivity index (χ1n) is 9.50. The summed E-state index contributed by atoms with van der Waals surface area (Å²) in [5, 5.41) is 0. The third kappa shape index (κ3) is 14.0. The molecule has 0 bridgehead atoms. The van der Waals surface area contributed by atoms with E-state index in [4.69, 9.17) is 28.4 Å². The van der Waals surface area contributed by atoms with Crippen LogP contribution in [0.2, 0.25) is 0 Å². The summed E-state index contributed by atoms with van der Waals surface area (Å²) in [6, 6.07) is 17.5. The van der Waals surface area contributed by atoms with Crippen molar-refractivity contribution in [1.82, 2.24) is 0 Å². The minimum absolute atomic E-state index is 0. The van der Waals surface area contributed by atoms with Crippen molar-refractivity contribution < 1.29 is 28.4 Å². The largest absolute Gasteiger partial charge is 0.147 e. The molecule has 3 rings (SSSR count). The predicted octanol–water partition coefficient (Wildman–Crippen LogP) is 2.76. The van der Waals surface area contributed by atoms with Gasteiger partial charge in [-0.15, -0.1) is 37.2 Å². The van der Waals surface area contributed by atoms with Crippen LogP contribution in [0.15, 0.2) is 54.6 Å². The first kappa shape index (κ1) is 40.2. The Morgan fingerprint density at radius 3 is 0.722 bits per heavy atom. The molecule has 0 fully saturated rings. The zero-order valence-corrected chi connectivity index (χ0v) is 30.0. The standard InChI is InChI=1S/3C8H9O2Te.3ClH/c3*1-9-7-4-3-6(11)5-8(7)10-2;;;/h3*3-5H,1-2H3;3*1H. The number of hydrogen-bond acceptors (Lipinski definition) is 6. The molecule has 0 aliphatic carbocycles. The van der Waals surface area contributed by atoms with Gasteiger partial charge in [0.25, 0.3) is 0 Å². The molecule has 3 radical (unpaired) electrons. The maximum Gasteiger partial charge on any atom is -0.147 e. The van der Waals surface area contributed by atoms with Gasteiger partial charge in [-0.3, -0.25) is 0 Å². The number of hydrogen-bond donors (Lipinski definition) is 0. The Balaban J connectivity index is -0.000000436. The van der Waals surface area contributed by atoms with E-state index in [1.54, 1.807) is 42.7 Å². The van der Waals surface area contributed by atoms with Gasteiger partial charge in [0, 0.05) is 0 Å². The molecule has 0 amide bonds. The molecule has 0 aliphatic heterocycles. The molecule has 0 unspecified atom stereocenters. The monoisotopic (exact) mass is 909 g/mol. The van der Waals surface area contributed by atoms with E-state index in [0.29, 0.717) is 0 Å². The van der Waals surface area contributed by atoms with E-state index in [0.717, 1.165) is 34.5 Å². The van der Waals surface area contributed by atoms with E-state index >= 15 is 0 Å². The average molecular weight is 904 g/mol. The molecule has 201 valence electrons. The molecule has 6 nitrogen and oxygen atoms in total. The number of rotatable bonds is 6. The van der Waals surface area contributed by atoms with Crippen LogP contribution < -0.4 is 39.3 Å². The van der Waals surface area contributed by atoms with Crippen molar-refractivity contribution in [2.75, 3.05) is 42.7 Å². The molecular formula is C24H30Cl3O6Te3. The summed E-state index contributed by atoms with van der Waals surface area (Å²) in [5.41, 5.74) is 0. The van der Waals surface area contributed by atoms with E-state index in [1.165, 1.54) is 10.8 Å². The number of benzene rings is 3. The van der Waals surface area contributed by atoms with Crippen molar-refractivity contribution in [3.8, 4) is 34.5 Å². The summed E-state index contributed by atoms with van der Waals surface area (Å²) in [6.45, 7) is 0. The summed E-state index contributed by atoms with van der Waals surface area (Å²) < 4.78 is 34.0. The first-order valence-corrected chi connectivity index (χ1v) is 13.0. The fourth-order valence-corrected chi connectivity index (χ4v) is 3.95. The van der Waals surface area contributed by atoms with Gasteiger partial charge in [-0.05, 0) is 0 Å². The normalized spacial score (nSPS) is 8.50. The van der Waals surface area contributed by atoms with Crippen LogP contribution in [-0.4, -0.2) is 110 Å². The van der Waals surface area contributed by atoms with Gasteiger partial charge in [0.05, 0.1) is 0 Å². The van der Waals surface area contributed by atoms with E-state index < -0.39 is 0 Å². The molecule has 36 heavy (non-hydrogen) atoms. The topological polar surface area (TPSA) is 55.4 Å². The molecule has 0 aliphatic rings. The number of halogens is 3. The van der Waals surface area contributed by atoms with Crippen LogP contribution >= 0.6 is 37.2 Å². The molecule has 0 spiro atoms. The maximum absolute atomic E-state index is 5.09. The van der Waals surface area contributed by atoms with Crippen molar-refractivity contribution in [2.45, 2.75) is 0 Å². The molecule has 0 atom stereocenters. The molecule has 0 heterocycles. The second-order valence-corrected chi connectivity index (χ2v) is 10.1. The Morgan fingerprint density at radius 2 is 0.556 bits per heavy atom. The predicted molar refractivity (Wildman–Crippen MR) is 157 cm³/mol. The van der Waals surface area contributed by atoms with E-state index in [2.05, 4.69) is 0 Å². The van der Waals surface area contributed by atoms with E-state index in [9.17, 15) is 0 Å². The van der Waals surface area contributed by atoms with Crippen molar-refractivity contribution in [1.29, 1.82) is 0 Å². The zero-order chi connectivity index (χ0) is 24.8. The average Bonchev–Trinajstić information content (AvgIpc) is 2.84. The van der Waals surface area contributed by atoms with Crippen molar-refractivity contribution >= 4 is 115 Å². The smallest absolute Gasteiger partial charge is 0.147 e. The Bertz CT molecular complexity index is 886. The van der Waals surface area contributed by atoms with Gasteiger partial charge in [-0.2, -0.15) is 0 Å². The fourth-order valence-electron chi connectivity index (χ4n) is 2.45. The van der Waals surface area contributed by atoms with E-state index in [1.807, 2.05) is 121 Å². The van der Waals surface area contributed by atoms with Gasteiger partial charge < -0.3 is 0 Å². The third-order valence-corrected chi connectivity index (χ3v) is 6.24. The van der Waals surface area contributed by atoms with Crippen molar-refractivity contribution in [2.24, 2.45) is 0 Å². The summed E-state index contributed by atoms with van der Waals surface area (Å²) in [4.78, 5) is 0. The number of methoxy groups -OCH3 is 6. The molecule has 12 heteroatoms. The quantitative estimate of drug-likeness (QED) is 0.356. The van der Waals surface area contributed by atoms with Crippen LogP contribution in [0.3, 0.4) is 0 Å². The molecule has 3 aromatic rings. The van der Waals surface area contributed by atoms with Crippen molar-refractivity contribution in [3.63, 3.8) is 0 Å². The Hall–Kier alpha value is -0.301. The molecular weight excluding hydrogens is 873 g/mol. The molecule has 3 aromatic carbocycles. The minimum atomic E-state index is 0. The molecule has 0 N–H and O–H groups in total. The molecule has 0 saturated heterocycles. The zero-order valence-electron chi connectivity index (χ0n) is 20.6. The van der Waals surface area contributed by atoms with Crippen LogP contribution in [0.4, 0.5) is 0 Å². The van der Waals surface area contributed by atoms with Gasteiger partial charge in [0.1, 0.15) is 0 Å². The Labute approximate surface area is 272 Å². The second-order valence-electron chi connectivity index (χ2n) is 6.05. The SMILES string of the molecule is COc1ccc([Te])cc1OC.COc1ccc([Te])cc1OC.COc1ccc([Te])cc1OC.Cl.Cl.Cl. The van der Waals surface area contributed by atoms with Crippen LogP contribution in [0.25, 0.3) is 0 Å². The molecule has 0 aromatic heterocycles. The third-order valence-electron chi connectivity index (χ3n) is 4.07. The van der Waals surface area contributed by atoms with Gasteiger partial charge >= 0.3 is 238 Å². The Morgan fingerprint density at radius 1 is 0.361 bits per heavy atom. The van der Waals surface area contributed by atoms with Crippen LogP contribution in [0.1, 0.15) is 0 Å². The Kier molecular flexibility index (Phi) is 25.3. The van der Waals surface area contributed by atoms with Crippen LogP contribution in [-0.2, 0) is 0 Å². The summed E-state index contributed by atoms with van der Waals surface area (Å²) in [6.07, 6.45) is 0. The van der Waals surface area contributed by atoms with Gasteiger partial charge in [0.2, 0.25) is 0 Å². The summed E-state index contributed by atoms with van der Waals surface area (Å²) in [7, 11) is 9.81. The van der Waals surface area contributed by atoms with Crippen molar-refractivity contribution in [3.05, 3.63) is 54.6 Å². The van der Waals surface area contributed by atoms with Crippen LogP contribution in [0, 0.1) is 0 Å².